The number of hydrogen-bond acceptors (Lipinski definition) is 5. The minimum Gasteiger partial charge on any atom is -0.493 e. The topological polar surface area (TPSA) is 64.8 Å². The maximum Gasteiger partial charge on any atom is 0.275 e. The summed E-state index contributed by atoms with van der Waals surface area (Å²) >= 11 is 5.89. The molecule has 0 amide bonds. The summed E-state index contributed by atoms with van der Waals surface area (Å²) in [5, 5.41) is 11.6. The minimum atomic E-state index is -0.382. The molecule has 0 fully saturated rings. The molecule has 0 bridgehead atoms. The van der Waals surface area contributed by atoms with Gasteiger partial charge in [-0.1, -0.05) is 11.6 Å². The van der Waals surface area contributed by atoms with Gasteiger partial charge in [0.2, 0.25) is 0 Å². The summed E-state index contributed by atoms with van der Waals surface area (Å²) < 4.78 is 10.7. The van der Waals surface area contributed by atoms with Gasteiger partial charge in [0.05, 0.1) is 19.1 Å². The number of fused-ring (bicyclic) bond motifs is 1. The highest BCUT2D eigenvalue weighted by Crippen LogP contribution is 2.34. The number of nitro groups is 1. The van der Waals surface area contributed by atoms with Crippen molar-refractivity contribution in [2.45, 2.75) is 19.5 Å². The maximum atomic E-state index is 11.3. The molecule has 0 saturated carbocycles. The van der Waals surface area contributed by atoms with E-state index in [9.17, 15) is 10.1 Å². The van der Waals surface area contributed by atoms with Gasteiger partial charge >= 0.3 is 0 Å². The Hall–Kier alpha value is -2.31. The van der Waals surface area contributed by atoms with Gasteiger partial charge in [-0.3, -0.25) is 15.0 Å². The molecule has 0 saturated heterocycles. The van der Waals surface area contributed by atoms with Gasteiger partial charge in [0.15, 0.2) is 11.5 Å². The Morgan fingerprint density at radius 2 is 1.84 bits per heavy atom. The summed E-state index contributed by atoms with van der Waals surface area (Å²) in [4.78, 5) is 13.1. The SMILES string of the molecule is COc1cc2c(cc1OC)CN(Cc1ccc(Cl)cc1[N+](=O)[O-])CC2. The van der Waals surface area contributed by atoms with Crippen LogP contribution < -0.4 is 9.47 Å². The van der Waals surface area contributed by atoms with Crippen LogP contribution in [-0.2, 0) is 19.5 Å². The minimum absolute atomic E-state index is 0.0607. The molecular weight excluding hydrogens is 344 g/mol. The normalized spacial score (nSPS) is 14.0. The Morgan fingerprint density at radius 3 is 2.48 bits per heavy atom. The van der Waals surface area contributed by atoms with Crippen molar-refractivity contribution < 1.29 is 14.4 Å². The van der Waals surface area contributed by atoms with Crippen LogP contribution in [0.25, 0.3) is 0 Å². The number of methoxy groups -OCH3 is 2. The van der Waals surface area contributed by atoms with Gasteiger partial charge in [0, 0.05) is 36.3 Å². The van der Waals surface area contributed by atoms with E-state index in [1.165, 1.54) is 11.6 Å². The lowest BCUT2D eigenvalue weighted by atomic mass is 9.98. The van der Waals surface area contributed by atoms with E-state index in [0.717, 1.165) is 24.3 Å². The third kappa shape index (κ3) is 3.70. The van der Waals surface area contributed by atoms with Crippen LogP contribution in [0.2, 0.25) is 5.02 Å². The standard InChI is InChI=1S/C18H19ClN2O4/c1-24-17-7-12-5-6-20(11-14(12)8-18(17)25-2)10-13-3-4-15(19)9-16(13)21(22)23/h3-4,7-9H,5-6,10-11H2,1-2H3. The summed E-state index contributed by atoms with van der Waals surface area (Å²) in [6.07, 6.45) is 0.858. The fraction of sp³-hybridized carbons (Fsp3) is 0.333. The van der Waals surface area contributed by atoms with E-state index in [2.05, 4.69) is 4.90 Å². The van der Waals surface area contributed by atoms with Crippen molar-refractivity contribution in [3.8, 4) is 11.5 Å². The van der Waals surface area contributed by atoms with E-state index in [1.54, 1.807) is 26.4 Å². The predicted octanol–water partition coefficient (Wildman–Crippen LogP) is 3.82. The second-order valence-electron chi connectivity index (χ2n) is 5.97. The molecule has 0 N–H and O–H groups in total. The first kappa shape index (κ1) is 17.5. The van der Waals surface area contributed by atoms with E-state index in [4.69, 9.17) is 21.1 Å². The van der Waals surface area contributed by atoms with Crippen LogP contribution in [0.5, 0.6) is 11.5 Å². The van der Waals surface area contributed by atoms with Crippen LogP contribution >= 0.6 is 11.6 Å². The summed E-state index contributed by atoms with van der Waals surface area (Å²) in [6.45, 7) is 2.03. The zero-order chi connectivity index (χ0) is 18.0. The molecule has 0 aromatic heterocycles. The van der Waals surface area contributed by atoms with Gasteiger partial charge in [-0.15, -0.1) is 0 Å². The highest BCUT2D eigenvalue weighted by atomic mass is 35.5. The molecule has 3 rings (SSSR count). The third-order valence-electron chi connectivity index (χ3n) is 4.44. The lowest BCUT2D eigenvalue weighted by molar-refractivity contribution is -0.385. The molecule has 132 valence electrons. The second-order valence-corrected chi connectivity index (χ2v) is 6.40. The van der Waals surface area contributed by atoms with Crippen LogP contribution in [0.1, 0.15) is 16.7 Å². The molecule has 7 heteroatoms. The molecule has 0 spiro atoms. The van der Waals surface area contributed by atoms with Crippen LogP contribution in [0, 0.1) is 10.1 Å². The summed E-state index contributed by atoms with van der Waals surface area (Å²) in [6, 6.07) is 8.82. The number of rotatable bonds is 5. The summed E-state index contributed by atoms with van der Waals surface area (Å²) in [5.74, 6) is 1.42. The van der Waals surface area contributed by atoms with E-state index in [1.807, 2.05) is 12.1 Å². The van der Waals surface area contributed by atoms with Crippen LogP contribution in [-0.4, -0.2) is 30.6 Å². The summed E-state index contributed by atoms with van der Waals surface area (Å²) in [5.41, 5.74) is 3.10. The Balaban J connectivity index is 1.83. The smallest absolute Gasteiger partial charge is 0.275 e. The Labute approximate surface area is 151 Å². The molecule has 1 aliphatic heterocycles. The molecule has 2 aromatic rings. The van der Waals surface area contributed by atoms with E-state index in [-0.39, 0.29) is 10.6 Å². The first-order valence-corrected chi connectivity index (χ1v) is 8.28. The number of nitro benzene ring substituents is 1. The van der Waals surface area contributed by atoms with Crippen LogP contribution in [0.3, 0.4) is 0 Å². The van der Waals surface area contributed by atoms with Gasteiger partial charge < -0.3 is 9.47 Å². The van der Waals surface area contributed by atoms with Crippen molar-refractivity contribution in [1.29, 1.82) is 0 Å². The highest BCUT2D eigenvalue weighted by Gasteiger charge is 2.22. The van der Waals surface area contributed by atoms with Gasteiger partial charge in [-0.05, 0) is 41.8 Å². The second kappa shape index (κ2) is 7.29. The van der Waals surface area contributed by atoms with Gasteiger partial charge in [0.1, 0.15) is 0 Å². The van der Waals surface area contributed by atoms with Gasteiger partial charge in [0.25, 0.3) is 5.69 Å². The molecule has 0 unspecified atom stereocenters. The monoisotopic (exact) mass is 362 g/mol. The first-order valence-electron chi connectivity index (χ1n) is 7.90. The first-order chi connectivity index (χ1) is 12.0. The fourth-order valence-electron chi connectivity index (χ4n) is 3.16. The number of halogens is 1. The van der Waals surface area contributed by atoms with E-state index in [0.29, 0.717) is 29.4 Å². The molecule has 25 heavy (non-hydrogen) atoms. The van der Waals surface area contributed by atoms with Crippen LogP contribution in [0.4, 0.5) is 5.69 Å². The zero-order valence-corrected chi connectivity index (χ0v) is 14.9. The quantitative estimate of drug-likeness (QED) is 0.597. The third-order valence-corrected chi connectivity index (χ3v) is 4.67. The number of nitrogens with zero attached hydrogens (tertiary/aromatic N) is 2. The van der Waals surface area contributed by atoms with Crippen molar-refractivity contribution in [1.82, 2.24) is 4.90 Å². The average molecular weight is 363 g/mol. The lowest BCUT2D eigenvalue weighted by Crippen LogP contribution is -2.30. The Morgan fingerprint density at radius 1 is 1.16 bits per heavy atom. The van der Waals surface area contributed by atoms with Crippen molar-refractivity contribution in [3.05, 3.63) is 62.2 Å². The van der Waals surface area contributed by atoms with Crippen molar-refractivity contribution >= 4 is 17.3 Å². The number of benzene rings is 2. The molecule has 0 radical (unpaired) electrons. The number of ether oxygens (including phenoxy) is 2. The molecule has 2 aromatic carbocycles. The largest absolute Gasteiger partial charge is 0.493 e. The Bertz CT molecular complexity index is 810. The lowest BCUT2D eigenvalue weighted by Gasteiger charge is -2.29. The average Bonchev–Trinajstić information content (AvgIpc) is 2.61. The van der Waals surface area contributed by atoms with Gasteiger partial charge in [-0.25, -0.2) is 0 Å². The van der Waals surface area contributed by atoms with Crippen molar-refractivity contribution in [2.24, 2.45) is 0 Å². The maximum absolute atomic E-state index is 11.3. The van der Waals surface area contributed by atoms with Crippen molar-refractivity contribution in [2.75, 3.05) is 20.8 Å². The highest BCUT2D eigenvalue weighted by molar-refractivity contribution is 6.30. The number of hydrogen-bond donors (Lipinski definition) is 0. The Kier molecular flexibility index (Phi) is 5.11. The molecular formula is C18H19ClN2O4. The zero-order valence-electron chi connectivity index (χ0n) is 14.1. The summed E-state index contributed by atoms with van der Waals surface area (Å²) in [7, 11) is 3.24. The van der Waals surface area contributed by atoms with E-state index < -0.39 is 0 Å². The van der Waals surface area contributed by atoms with Crippen molar-refractivity contribution in [3.63, 3.8) is 0 Å². The van der Waals surface area contributed by atoms with E-state index >= 15 is 0 Å². The molecule has 6 nitrogen and oxygen atoms in total. The molecule has 0 atom stereocenters. The fourth-order valence-corrected chi connectivity index (χ4v) is 3.32. The molecule has 0 aliphatic carbocycles. The molecule has 1 heterocycles. The predicted molar refractivity (Wildman–Crippen MR) is 95.5 cm³/mol. The van der Waals surface area contributed by atoms with Crippen LogP contribution in [0.15, 0.2) is 30.3 Å². The van der Waals surface area contributed by atoms with Gasteiger partial charge in [-0.2, -0.15) is 0 Å². The molecule has 1 aliphatic rings.